The summed E-state index contributed by atoms with van der Waals surface area (Å²) in [6.45, 7) is -4.61. The van der Waals surface area contributed by atoms with Gasteiger partial charge in [0.15, 0.2) is 11.5 Å². The molecule has 0 saturated carbocycles. The van der Waals surface area contributed by atoms with Gasteiger partial charge in [-0.15, -0.1) is 0 Å². The Hall–Kier alpha value is -2.90. The largest absolute Gasteiger partial charge is 0.497 e. The fraction of sp³-hybridized carbons (Fsp3) is 0.263. The van der Waals surface area contributed by atoms with Crippen molar-refractivity contribution in [3.63, 3.8) is 0 Å². The van der Waals surface area contributed by atoms with Crippen LogP contribution in [0.4, 0.5) is 17.6 Å². The third-order valence-electron chi connectivity index (χ3n) is 3.64. The zero-order valence-corrected chi connectivity index (χ0v) is 14.8. The van der Waals surface area contributed by atoms with Crippen LogP contribution in [0.5, 0.6) is 23.0 Å². The van der Waals surface area contributed by atoms with Crippen molar-refractivity contribution >= 4 is 5.57 Å². The summed E-state index contributed by atoms with van der Waals surface area (Å²) in [4.78, 5) is 0. The van der Waals surface area contributed by atoms with Crippen LogP contribution in [0.3, 0.4) is 0 Å². The molecule has 8 heteroatoms. The van der Waals surface area contributed by atoms with Gasteiger partial charge in [-0.25, -0.2) is 0 Å². The van der Waals surface area contributed by atoms with Gasteiger partial charge in [-0.2, -0.15) is 17.6 Å². The zero-order valence-electron chi connectivity index (χ0n) is 14.8. The molecule has 2 rings (SSSR count). The first-order chi connectivity index (χ1) is 12.9. The highest BCUT2D eigenvalue weighted by Gasteiger charge is 2.17. The fourth-order valence-electron chi connectivity index (χ4n) is 2.52. The van der Waals surface area contributed by atoms with E-state index < -0.39 is 24.7 Å². The Labute approximate surface area is 153 Å². The van der Waals surface area contributed by atoms with Gasteiger partial charge in [0.2, 0.25) is 0 Å². The molecule has 0 atom stereocenters. The summed E-state index contributed by atoms with van der Waals surface area (Å²) in [5, 5.41) is 0. The Balaban J connectivity index is 2.51. The maximum Gasteiger partial charge on any atom is 0.387 e. The number of hydrogen-bond acceptors (Lipinski definition) is 4. The summed E-state index contributed by atoms with van der Waals surface area (Å²) < 4.78 is 69.3. The van der Waals surface area contributed by atoms with Gasteiger partial charge in [-0.3, -0.25) is 0 Å². The van der Waals surface area contributed by atoms with Crippen molar-refractivity contribution in [2.45, 2.75) is 20.1 Å². The molecule has 0 aromatic heterocycles. The van der Waals surface area contributed by atoms with Crippen molar-refractivity contribution in [1.29, 1.82) is 0 Å². The van der Waals surface area contributed by atoms with Gasteiger partial charge in [0.1, 0.15) is 11.5 Å². The van der Waals surface area contributed by atoms with Crippen LogP contribution in [0.1, 0.15) is 18.1 Å². The van der Waals surface area contributed by atoms with E-state index in [1.807, 2.05) is 0 Å². The lowest BCUT2D eigenvalue weighted by Crippen LogP contribution is -2.08. The molecule has 0 heterocycles. The number of methoxy groups -OCH3 is 2. The van der Waals surface area contributed by atoms with Gasteiger partial charge < -0.3 is 18.9 Å². The van der Waals surface area contributed by atoms with E-state index in [2.05, 4.69) is 9.47 Å². The molecule has 27 heavy (non-hydrogen) atoms. The predicted octanol–water partition coefficient (Wildman–Crippen LogP) is 5.36. The Kier molecular flexibility index (Phi) is 6.92. The Morgan fingerprint density at radius 3 is 1.81 bits per heavy atom. The number of ether oxygens (including phenoxy) is 4. The first-order valence-electron chi connectivity index (χ1n) is 7.81. The van der Waals surface area contributed by atoms with Crippen LogP contribution in [-0.4, -0.2) is 27.4 Å². The van der Waals surface area contributed by atoms with E-state index in [-0.39, 0.29) is 0 Å². The number of allylic oxidation sites excluding steroid dienone is 1. The molecule has 0 spiro atoms. The highest BCUT2D eigenvalue weighted by Crippen LogP contribution is 2.36. The van der Waals surface area contributed by atoms with Crippen molar-refractivity contribution < 1.29 is 36.5 Å². The molecule has 2 aromatic carbocycles. The third-order valence-corrected chi connectivity index (χ3v) is 3.64. The standard InChI is InChI=1S/C19H18F4O4/c1-4-15(12-7-13(24-2)10-14(8-12)25-3)11-5-6-16(26-18(20)21)17(9-11)27-19(22)23/h4-10,18-19H,1-3H3. The van der Waals surface area contributed by atoms with Gasteiger partial charge in [0.25, 0.3) is 0 Å². The van der Waals surface area contributed by atoms with Crippen LogP contribution < -0.4 is 18.9 Å². The minimum Gasteiger partial charge on any atom is -0.497 e. The van der Waals surface area contributed by atoms with Crippen LogP contribution in [0.15, 0.2) is 42.5 Å². The minimum atomic E-state index is -3.19. The number of benzene rings is 2. The average Bonchev–Trinajstić information content (AvgIpc) is 2.63. The van der Waals surface area contributed by atoms with E-state index in [9.17, 15) is 17.6 Å². The van der Waals surface area contributed by atoms with E-state index in [1.54, 1.807) is 31.2 Å². The lowest BCUT2D eigenvalue weighted by molar-refractivity contribution is -0.0692. The molecule has 0 N–H and O–H groups in total. The monoisotopic (exact) mass is 386 g/mol. The second-order valence-electron chi connectivity index (χ2n) is 5.22. The highest BCUT2D eigenvalue weighted by molar-refractivity contribution is 5.81. The second-order valence-corrected chi connectivity index (χ2v) is 5.22. The Morgan fingerprint density at radius 2 is 1.33 bits per heavy atom. The van der Waals surface area contributed by atoms with Crippen LogP contribution in [0.25, 0.3) is 5.57 Å². The van der Waals surface area contributed by atoms with Crippen LogP contribution in [0, 0.1) is 0 Å². The van der Waals surface area contributed by atoms with Crippen molar-refractivity contribution in [2.75, 3.05) is 14.2 Å². The normalized spacial score (nSPS) is 11.7. The summed E-state index contributed by atoms with van der Waals surface area (Å²) in [7, 11) is 3.00. The predicted molar refractivity (Wildman–Crippen MR) is 92.0 cm³/mol. The maximum atomic E-state index is 12.7. The van der Waals surface area contributed by atoms with Crippen LogP contribution >= 0.6 is 0 Å². The number of hydrogen-bond donors (Lipinski definition) is 0. The smallest absolute Gasteiger partial charge is 0.387 e. The summed E-state index contributed by atoms with van der Waals surface area (Å²) in [5.74, 6) is 0.0977. The van der Waals surface area contributed by atoms with Gasteiger partial charge in [-0.05, 0) is 47.9 Å². The molecule has 0 radical (unpaired) electrons. The molecule has 4 nitrogen and oxygen atoms in total. The Bertz CT molecular complexity index is 784. The van der Waals surface area contributed by atoms with Crippen molar-refractivity contribution in [3.8, 4) is 23.0 Å². The summed E-state index contributed by atoms with van der Waals surface area (Å²) >= 11 is 0. The average molecular weight is 386 g/mol. The summed E-state index contributed by atoms with van der Waals surface area (Å²) in [5.41, 5.74) is 1.78. The molecule has 2 aromatic rings. The van der Waals surface area contributed by atoms with Crippen molar-refractivity contribution in [2.24, 2.45) is 0 Å². The fourth-order valence-corrected chi connectivity index (χ4v) is 2.52. The first kappa shape index (κ1) is 20.4. The van der Waals surface area contributed by atoms with Crippen molar-refractivity contribution in [1.82, 2.24) is 0 Å². The van der Waals surface area contributed by atoms with Crippen LogP contribution in [0.2, 0.25) is 0 Å². The van der Waals surface area contributed by atoms with Crippen molar-refractivity contribution in [3.05, 3.63) is 53.6 Å². The molecule has 0 bridgehead atoms. The molecule has 0 aliphatic heterocycles. The van der Waals surface area contributed by atoms with Gasteiger partial charge in [-0.1, -0.05) is 12.1 Å². The zero-order chi connectivity index (χ0) is 20.0. The molecule has 0 unspecified atom stereocenters. The molecule has 0 aliphatic rings. The maximum absolute atomic E-state index is 12.7. The highest BCUT2D eigenvalue weighted by atomic mass is 19.3. The third kappa shape index (κ3) is 5.29. The molecule has 146 valence electrons. The number of halogens is 4. The SMILES string of the molecule is CC=C(c1cc(OC)cc(OC)c1)c1ccc(OC(F)F)c(OC(F)F)c1. The Morgan fingerprint density at radius 1 is 0.778 bits per heavy atom. The van der Waals surface area contributed by atoms with Gasteiger partial charge in [0, 0.05) is 6.07 Å². The molecule has 0 saturated heterocycles. The summed E-state index contributed by atoms with van der Waals surface area (Å²) in [6.07, 6.45) is 1.74. The lowest BCUT2D eigenvalue weighted by atomic mass is 9.97. The minimum absolute atomic E-state index is 0.463. The van der Waals surface area contributed by atoms with Gasteiger partial charge in [0.05, 0.1) is 14.2 Å². The second kappa shape index (κ2) is 9.16. The van der Waals surface area contributed by atoms with Gasteiger partial charge >= 0.3 is 13.2 Å². The lowest BCUT2D eigenvalue weighted by Gasteiger charge is -2.16. The molecule has 0 fully saturated rings. The van der Waals surface area contributed by atoms with E-state index in [1.165, 1.54) is 26.4 Å². The first-order valence-corrected chi connectivity index (χ1v) is 7.81. The van der Waals surface area contributed by atoms with E-state index >= 15 is 0 Å². The molecule has 0 aliphatic carbocycles. The molecule has 0 amide bonds. The number of alkyl halides is 4. The summed E-state index contributed by atoms with van der Waals surface area (Å²) in [6, 6.07) is 8.98. The van der Waals surface area contributed by atoms with E-state index in [0.29, 0.717) is 28.2 Å². The van der Waals surface area contributed by atoms with Crippen LogP contribution in [-0.2, 0) is 0 Å². The topological polar surface area (TPSA) is 36.9 Å². The van der Waals surface area contributed by atoms with E-state index in [0.717, 1.165) is 6.07 Å². The van der Waals surface area contributed by atoms with E-state index in [4.69, 9.17) is 9.47 Å². The molecular weight excluding hydrogens is 368 g/mol. The molecular formula is C19H18F4O4. The quantitative estimate of drug-likeness (QED) is 0.573. The number of rotatable bonds is 8.